The van der Waals surface area contributed by atoms with Crippen LogP contribution in [0.5, 0.6) is 0 Å². The van der Waals surface area contributed by atoms with E-state index in [1.807, 2.05) is 36.2 Å². The summed E-state index contributed by atoms with van der Waals surface area (Å²) in [4.78, 5) is 9.74. The van der Waals surface area contributed by atoms with E-state index in [-0.39, 0.29) is 18.5 Å². The van der Waals surface area contributed by atoms with Crippen LogP contribution in [0.3, 0.4) is 0 Å². The van der Waals surface area contributed by atoms with Gasteiger partial charge >= 0.3 is 0 Å². The molecule has 0 aliphatic heterocycles. The molecule has 0 saturated carbocycles. The lowest BCUT2D eigenvalue weighted by Gasteiger charge is -2.15. The molecule has 104 valence electrons. The van der Waals surface area contributed by atoms with Crippen LogP contribution in [0, 0.1) is 0 Å². The van der Waals surface area contributed by atoms with Crippen molar-refractivity contribution in [1.29, 1.82) is 0 Å². The lowest BCUT2D eigenvalue weighted by atomic mass is 10.2. The topological polar surface area (TPSA) is 126 Å². The Bertz CT molecular complexity index is 467. The Balaban J connectivity index is 2.80. The molecule has 0 radical (unpaired) electrons. The molecule has 1 aromatic carbocycles. The molecule has 0 aliphatic rings. The zero-order valence-corrected chi connectivity index (χ0v) is 11.0. The molecule has 0 bridgehead atoms. The second-order valence-electron chi connectivity index (χ2n) is 4.14. The molecular weight excluding hydrogens is 244 g/mol. The van der Waals surface area contributed by atoms with Crippen molar-refractivity contribution < 1.29 is 5.11 Å². The minimum absolute atomic E-state index is 0.0147. The van der Waals surface area contributed by atoms with Crippen molar-refractivity contribution in [3.63, 3.8) is 0 Å². The van der Waals surface area contributed by atoms with Crippen LogP contribution in [0.25, 0.3) is 0 Å². The van der Waals surface area contributed by atoms with Gasteiger partial charge in [0.1, 0.15) is 0 Å². The molecule has 0 aromatic heterocycles. The Hall–Kier alpha value is -2.12. The molecule has 7 N–H and O–H groups in total. The standard InChI is InChI=1S/C12H20N6O/c1-18(5-6-19)8-9-3-2-4-10(7-9)16-12(15)17-11(13)14/h2-4,7,19H,5-6,8H2,1H3,(H6,13,14,15,16,17). The molecule has 0 heterocycles. The van der Waals surface area contributed by atoms with Crippen LogP contribution in [-0.2, 0) is 6.54 Å². The number of aliphatic hydroxyl groups is 1. The highest BCUT2D eigenvalue weighted by Gasteiger charge is 2.01. The van der Waals surface area contributed by atoms with Crippen molar-refractivity contribution >= 4 is 17.6 Å². The van der Waals surface area contributed by atoms with E-state index in [2.05, 4.69) is 9.98 Å². The van der Waals surface area contributed by atoms with Crippen LogP contribution in [0.4, 0.5) is 5.69 Å². The molecule has 0 fully saturated rings. The first-order valence-corrected chi connectivity index (χ1v) is 5.83. The maximum absolute atomic E-state index is 8.85. The molecule has 0 spiro atoms. The number of guanidine groups is 2. The third-order valence-corrected chi connectivity index (χ3v) is 2.33. The lowest BCUT2D eigenvalue weighted by Crippen LogP contribution is -2.26. The van der Waals surface area contributed by atoms with E-state index in [1.54, 1.807) is 0 Å². The number of rotatable bonds is 5. The molecule has 1 aromatic rings. The van der Waals surface area contributed by atoms with Crippen LogP contribution in [0.1, 0.15) is 5.56 Å². The van der Waals surface area contributed by atoms with Gasteiger partial charge in [0, 0.05) is 13.1 Å². The number of nitrogens with zero attached hydrogens (tertiary/aromatic N) is 3. The van der Waals surface area contributed by atoms with Gasteiger partial charge in [0.05, 0.1) is 12.3 Å². The number of nitrogens with two attached hydrogens (primary N) is 3. The molecule has 7 heteroatoms. The molecular formula is C12H20N6O. The average Bonchev–Trinajstić information content (AvgIpc) is 2.28. The number of aliphatic imine (C=N–C) groups is 2. The van der Waals surface area contributed by atoms with Crippen LogP contribution in [0.15, 0.2) is 34.3 Å². The molecule has 19 heavy (non-hydrogen) atoms. The predicted molar refractivity (Wildman–Crippen MR) is 77.0 cm³/mol. The SMILES string of the molecule is CN(CCO)Cc1cccc(N=C(N)N=C(N)N)c1. The first-order valence-electron chi connectivity index (χ1n) is 5.83. The summed E-state index contributed by atoms with van der Waals surface area (Å²) >= 11 is 0. The van der Waals surface area contributed by atoms with E-state index >= 15 is 0 Å². The van der Waals surface area contributed by atoms with Gasteiger partial charge in [0.25, 0.3) is 0 Å². The molecule has 0 amide bonds. The largest absolute Gasteiger partial charge is 0.395 e. The first-order chi connectivity index (χ1) is 9.01. The molecule has 0 aliphatic carbocycles. The van der Waals surface area contributed by atoms with Gasteiger partial charge < -0.3 is 22.3 Å². The minimum Gasteiger partial charge on any atom is -0.395 e. The Morgan fingerprint density at radius 1 is 1.32 bits per heavy atom. The van der Waals surface area contributed by atoms with E-state index in [4.69, 9.17) is 22.3 Å². The van der Waals surface area contributed by atoms with Gasteiger partial charge in [-0.1, -0.05) is 12.1 Å². The van der Waals surface area contributed by atoms with Crippen LogP contribution < -0.4 is 17.2 Å². The highest BCUT2D eigenvalue weighted by Crippen LogP contribution is 2.15. The quantitative estimate of drug-likeness (QED) is 0.414. The van der Waals surface area contributed by atoms with E-state index in [9.17, 15) is 0 Å². The number of benzene rings is 1. The van der Waals surface area contributed by atoms with Gasteiger partial charge in [0.15, 0.2) is 5.96 Å². The Labute approximate surface area is 112 Å². The third kappa shape index (κ3) is 5.84. The number of aliphatic hydroxyl groups excluding tert-OH is 1. The zero-order chi connectivity index (χ0) is 14.3. The van der Waals surface area contributed by atoms with Gasteiger partial charge in [-0.15, -0.1) is 0 Å². The van der Waals surface area contributed by atoms with Crippen molar-refractivity contribution in [2.75, 3.05) is 20.2 Å². The van der Waals surface area contributed by atoms with E-state index in [0.717, 1.165) is 5.56 Å². The Morgan fingerprint density at radius 3 is 2.68 bits per heavy atom. The fraction of sp³-hybridized carbons (Fsp3) is 0.333. The Kier molecular flexibility index (Phi) is 5.77. The highest BCUT2D eigenvalue weighted by molar-refractivity contribution is 5.93. The van der Waals surface area contributed by atoms with E-state index in [1.165, 1.54) is 0 Å². The van der Waals surface area contributed by atoms with Gasteiger partial charge in [-0.05, 0) is 24.7 Å². The predicted octanol–water partition coefficient (Wildman–Crippen LogP) is -0.670. The monoisotopic (exact) mass is 264 g/mol. The van der Waals surface area contributed by atoms with Crippen molar-refractivity contribution in [2.24, 2.45) is 27.2 Å². The summed E-state index contributed by atoms with van der Waals surface area (Å²) in [5.41, 5.74) is 17.7. The second kappa shape index (κ2) is 7.34. The van der Waals surface area contributed by atoms with E-state index in [0.29, 0.717) is 18.8 Å². The summed E-state index contributed by atoms with van der Waals surface area (Å²) < 4.78 is 0. The summed E-state index contributed by atoms with van der Waals surface area (Å²) in [6.07, 6.45) is 0. The van der Waals surface area contributed by atoms with Crippen molar-refractivity contribution in [2.45, 2.75) is 6.54 Å². The summed E-state index contributed by atoms with van der Waals surface area (Å²) in [5.74, 6) is -0.110. The second-order valence-corrected chi connectivity index (χ2v) is 4.14. The highest BCUT2D eigenvalue weighted by atomic mass is 16.3. The summed E-state index contributed by atoms with van der Waals surface area (Å²) in [6.45, 7) is 1.46. The van der Waals surface area contributed by atoms with Gasteiger partial charge in [-0.3, -0.25) is 4.90 Å². The minimum atomic E-state index is -0.125. The zero-order valence-electron chi connectivity index (χ0n) is 11.0. The first kappa shape index (κ1) is 14.9. The third-order valence-electron chi connectivity index (χ3n) is 2.33. The van der Waals surface area contributed by atoms with Gasteiger partial charge in [-0.2, -0.15) is 4.99 Å². The number of hydrogen-bond donors (Lipinski definition) is 4. The van der Waals surface area contributed by atoms with Crippen LogP contribution >= 0.6 is 0 Å². The van der Waals surface area contributed by atoms with Gasteiger partial charge in [-0.25, -0.2) is 4.99 Å². The summed E-state index contributed by atoms with van der Waals surface area (Å²) in [7, 11) is 1.93. The molecule has 1 rings (SSSR count). The number of likely N-dealkylation sites (N-methyl/N-ethyl adjacent to an activating group) is 1. The molecule has 0 saturated heterocycles. The van der Waals surface area contributed by atoms with Crippen molar-refractivity contribution in [1.82, 2.24) is 4.90 Å². The van der Waals surface area contributed by atoms with E-state index < -0.39 is 0 Å². The number of hydrogen-bond acceptors (Lipinski definition) is 3. The van der Waals surface area contributed by atoms with Crippen molar-refractivity contribution in [3.8, 4) is 0 Å². The van der Waals surface area contributed by atoms with Crippen LogP contribution in [-0.4, -0.2) is 42.1 Å². The van der Waals surface area contributed by atoms with Crippen molar-refractivity contribution in [3.05, 3.63) is 29.8 Å². The lowest BCUT2D eigenvalue weighted by molar-refractivity contribution is 0.217. The molecule has 7 nitrogen and oxygen atoms in total. The summed E-state index contributed by atoms with van der Waals surface area (Å²) in [5, 5.41) is 8.85. The molecule has 0 atom stereocenters. The smallest absolute Gasteiger partial charge is 0.223 e. The average molecular weight is 264 g/mol. The molecule has 0 unspecified atom stereocenters. The fourth-order valence-corrected chi connectivity index (χ4v) is 1.58. The van der Waals surface area contributed by atoms with Crippen LogP contribution in [0.2, 0.25) is 0 Å². The maximum Gasteiger partial charge on any atom is 0.223 e. The Morgan fingerprint density at radius 2 is 2.05 bits per heavy atom. The normalized spacial score (nSPS) is 11.6. The van der Waals surface area contributed by atoms with Gasteiger partial charge in [0.2, 0.25) is 5.96 Å². The fourth-order valence-electron chi connectivity index (χ4n) is 1.58. The summed E-state index contributed by atoms with van der Waals surface area (Å²) in [6, 6.07) is 7.56. The maximum atomic E-state index is 8.85.